The monoisotopic (exact) mass is 262 g/mol. The molecule has 0 saturated heterocycles. The number of aldehydes is 1. The standard InChI is InChI=1S/C15H12F2O2/c1-10-3-2-4-12(8-18)15(10)19-9-11-5-13(16)7-14(17)6-11/h2-8H,9H2,1H3. The molecule has 2 aromatic rings. The van der Waals surface area contributed by atoms with Crippen LogP contribution in [-0.4, -0.2) is 6.29 Å². The zero-order chi connectivity index (χ0) is 13.8. The number of hydrogen-bond acceptors (Lipinski definition) is 2. The summed E-state index contributed by atoms with van der Waals surface area (Å²) in [6.45, 7) is 1.80. The third-order valence-electron chi connectivity index (χ3n) is 2.67. The lowest BCUT2D eigenvalue weighted by Crippen LogP contribution is -2.01. The summed E-state index contributed by atoms with van der Waals surface area (Å²) < 4.78 is 31.5. The van der Waals surface area contributed by atoms with E-state index in [1.54, 1.807) is 25.1 Å². The third-order valence-corrected chi connectivity index (χ3v) is 2.67. The Morgan fingerprint density at radius 1 is 1.16 bits per heavy atom. The van der Waals surface area contributed by atoms with Crippen molar-refractivity contribution in [1.82, 2.24) is 0 Å². The Kier molecular flexibility index (Phi) is 3.90. The molecule has 0 N–H and O–H groups in total. The Morgan fingerprint density at radius 2 is 1.84 bits per heavy atom. The Hall–Kier alpha value is -2.23. The van der Waals surface area contributed by atoms with E-state index in [0.29, 0.717) is 23.2 Å². The smallest absolute Gasteiger partial charge is 0.153 e. The van der Waals surface area contributed by atoms with Crippen molar-refractivity contribution in [2.75, 3.05) is 0 Å². The number of carbonyl (C=O) groups excluding carboxylic acids is 1. The van der Waals surface area contributed by atoms with Crippen LogP contribution in [0.2, 0.25) is 0 Å². The molecule has 19 heavy (non-hydrogen) atoms. The Balaban J connectivity index is 2.21. The summed E-state index contributed by atoms with van der Waals surface area (Å²) in [4.78, 5) is 10.9. The van der Waals surface area contributed by atoms with Crippen LogP contribution in [0.15, 0.2) is 36.4 Å². The quantitative estimate of drug-likeness (QED) is 0.786. The van der Waals surface area contributed by atoms with E-state index in [2.05, 4.69) is 0 Å². The number of hydrogen-bond donors (Lipinski definition) is 0. The first-order chi connectivity index (χ1) is 9.10. The molecule has 0 aliphatic carbocycles. The van der Waals surface area contributed by atoms with E-state index in [1.165, 1.54) is 12.1 Å². The lowest BCUT2D eigenvalue weighted by atomic mass is 10.1. The van der Waals surface area contributed by atoms with E-state index in [1.807, 2.05) is 0 Å². The summed E-state index contributed by atoms with van der Waals surface area (Å²) in [5.74, 6) is -0.875. The summed E-state index contributed by atoms with van der Waals surface area (Å²) in [6, 6.07) is 8.36. The molecule has 0 heterocycles. The van der Waals surface area contributed by atoms with E-state index < -0.39 is 11.6 Å². The molecule has 0 spiro atoms. The van der Waals surface area contributed by atoms with Crippen LogP contribution in [0.25, 0.3) is 0 Å². The minimum absolute atomic E-state index is 0.000370. The Morgan fingerprint density at radius 3 is 2.47 bits per heavy atom. The fourth-order valence-corrected chi connectivity index (χ4v) is 1.81. The molecule has 0 aliphatic rings. The van der Waals surface area contributed by atoms with Crippen molar-refractivity contribution in [2.24, 2.45) is 0 Å². The van der Waals surface area contributed by atoms with Crippen LogP contribution in [0.4, 0.5) is 8.78 Å². The van der Waals surface area contributed by atoms with Gasteiger partial charge in [0.15, 0.2) is 6.29 Å². The van der Waals surface area contributed by atoms with Gasteiger partial charge in [-0.2, -0.15) is 0 Å². The molecule has 0 bridgehead atoms. The number of ether oxygens (including phenoxy) is 1. The zero-order valence-corrected chi connectivity index (χ0v) is 10.3. The molecule has 0 unspecified atom stereocenters. The number of halogens is 2. The highest BCUT2D eigenvalue weighted by Gasteiger charge is 2.07. The van der Waals surface area contributed by atoms with Crippen molar-refractivity contribution < 1.29 is 18.3 Å². The van der Waals surface area contributed by atoms with Gasteiger partial charge in [0.25, 0.3) is 0 Å². The van der Waals surface area contributed by atoms with Crippen LogP contribution >= 0.6 is 0 Å². The zero-order valence-electron chi connectivity index (χ0n) is 10.3. The van der Waals surface area contributed by atoms with E-state index >= 15 is 0 Å². The summed E-state index contributed by atoms with van der Waals surface area (Å²) in [7, 11) is 0. The molecule has 0 atom stereocenters. The van der Waals surface area contributed by atoms with Crippen LogP contribution < -0.4 is 4.74 Å². The molecule has 4 heteroatoms. The van der Waals surface area contributed by atoms with E-state index in [-0.39, 0.29) is 6.61 Å². The van der Waals surface area contributed by atoms with Gasteiger partial charge in [-0.15, -0.1) is 0 Å². The van der Waals surface area contributed by atoms with Crippen molar-refractivity contribution in [3.63, 3.8) is 0 Å². The van der Waals surface area contributed by atoms with Gasteiger partial charge in [-0.3, -0.25) is 4.79 Å². The van der Waals surface area contributed by atoms with Crippen LogP contribution in [-0.2, 0) is 6.61 Å². The normalized spacial score (nSPS) is 10.3. The third kappa shape index (κ3) is 3.16. The highest BCUT2D eigenvalue weighted by molar-refractivity contribution is 5.80. The van der Waals surface area contributed by atoms with Crippen LogP contribution in [0.1, 0.15) is 21.5 Å². The van der Waals surface area contributed by atoms with Crippen molar-refractivity contribution in [1.29, 1.82) is 0 Å². The van der Waals surface area contributed by atoms with Gasteiger partial charge in [0.1, 0.15) is 24.0 Å². The summed E-state index contributed by atoms with van der Waals surface area (Å²) in [5, 5.41) is 0. The molecule has 0 saturated carbocycles. The molecule has 0 amide bonds. The molecular formula is C15H12F2O2. The predicted molar refractivity (Wildman–Crippen MR) is 67.3 cm³/mol. The van der Waals surface area contributed by atoms with E-state index in [9.17, 15) is 13.6 Å². The summed E-state index contributed by atoms with van der Waals surface area (Å²) >= 11 is 0. The van der Waals surface area contributed by atoms with Gasteiger partial charge in [-0.1, -0.05) is 12.1 Å². The molecular weight excluding hydrogens is 250 g/mol. The summed E-state index contributed by atoms with van der Waals surface area (Å²) in [6.07, 6.45) is 0.689. The maximum absolute atomic E-state index is 13.0. The van der Waals surface area contributed by atoms with Crippen LogP contribution in [0, 0.1) is 18.6 Å². The Labute approximate surface area is 109 Å². The first-order valence-corrected chi connectivity index (χ1v) is 5.72. The van der Waals surface area contributed by atoms with Crippen LogP contribution in [0.5, 0.6) is 5.75 Å². The highest BCUT2D eigenvalue weighted by Crippen LogP contribution is 2.23. The topological polar surface area (TPSA) is 26.3 Å². The molecule has 0 aromatic heterocycles. The lowest BCUT2D eigenvalue weighted by molar-refractivity contribution is 0.111. The molecule has 98 valence electrons. The van der Waals surface area contributed by atoms with Crippen LogP contribution in [0.3, 0.4) is 0 Å². The van der Waals surface area contributed by atoms with E-state index in [0.717, 1.165) is 11.6 Å². The maximum Gasteiger partial charge on any atom is 0.153 e. The molecule has 2 rings (SSSR count). The lowest BCUT2D eigenvalue weighted by Gasteiger charge is -2.11. The second kappa shape index (κ2) is 5.61. The minimum atomic E-state index is -0.654. The fraction of sp³-hybridized carbons (Fsp3) is 0.133. The van der Waals surface area contributed by atoms with Gasteiger partial charge in [0.2, 0.25) is 0 Å². The Bertz CT molecular complexity index is 589. The van der Waals surface area contributed by atoms with Gasteiger partial charge in [-0.25, -0.2) is 8.78 Å². The molecule has 0 fully saturated rings. The van der Waals surface area contributed by atoms with Gasteiger partial charge < -0.3 is 4.74 Å². The van der Waals surface area contributed by atoms with Gasteiger partial charge in [0.05, 0.1) is 5.56 Å². The maximum atomic E-state index is 13.0. The molecule has 0 aliphatic heterocycles. The van der Waals surface area contributed by atoms with Crippen molar-refractivity contribution >= 4 is 6.29 Å². The predicted octanol–water partition coefficient (Wildman–Crippen LogP) is 3.66. The van der Waals surface area contributed by atoms with Crippen molar-refractivity contribution in [3.05, 3.63) is 64.7 Å². The molecule has 2 nitrogen and oxygen atoms in total. The molecule has 0 radical (unpaired) electrons. The number of para-hydroxylation sites is 1. The minimum Gasteiger partial charge on any atom is -0.488 e. The van der Waals surface area contributed by atoms with Crippen molar-refractivity contribution in [3.8, 4) is 5.75 Å². The first-order valence-electron chi connectivity index (χ1n) is 5.72. The fourth-order valence-electron chi connectivity index (χ4n) is 1.81. The van der Waals surface area contributed by atoms with Gasteiger partial charge in [-0.05, 0) is 36.2 Å². The average Bonchev–Trinajstić information content (AvgIpc) is 2.36. The highest BCUT2D eigenvalue weighted by atomic mass is 19.1. The number of carbonyl (C=O) groups is 1. The largest absolute Gasteiger partial charge is 0.488 e. The van der Waals surface area contributed by atoms with Gasteiger partial charge in [0, 0.05) is 6.07 Å². The number of rotatable bonds is 4. The van der Waals surface area contributed by atoms with Crippen molar-refractivity contribution in [2.45, 2.75) is 13.5 Å². The second-order valence-electron chi connectivity index (χ2n) is 4.18. The summed E-state index contributed by atoms with van der Waals surface area (Å²) in [5.41, 5.74) is 1.58. The van der Waals surface area contributed by atoms with Gasteiger partial charge >= 0.3 is 0 Å². The molecule has 2 aromatic carbocycles. The second-order valence-corrected chi connectivity index (χ2v) is 4.18. The average molecular weight is 262 g/mol. The number of aryl methyl sites for hydroxylation is 1. The first kappa shape index (κ1) is 13.2. The number of benzene rings is 2. The SMILES string of the molecule is Cc1cccc(C=O)c1OCc1cc(F)cc(F)c1. The van der Waals surface area contributed by atoms with E-state index in [4.69, 9.17) is 4.74 Å².